The lowest BCUT2D eigenvalue weighted by Crippen LogP contribution is -2.43. The third-order valence-corrected chi connectivity index (χ3v) is 3.96. The van der Waals surface area contributed by atoms with Crippen molar-refractivity contribution in [2.75, 3.05) is 43.5 Å². The summed E-state index contributed by atoms with van der Waals surface area (Å²) in [6.07, 6.45) is 3.62. The number of hydrogen-bond donors (Lipinski definition) is 2. The molecule has 1 aliphatic heterocycles. The summed E-state index contributed by atoms with van der Waals surface area (Å²) >= 11 is 0. The monoisotopic (exact) mass is 333 g/mol. The number of nitrogens with zero attached hydrogens (tertiary/aromatic N) is 1. The van der Waals surface area contributed by atoms with Crippen molar-refractivity contribution < 1.29 is 14.3 Å². The molecule has 0 aliphatic carbocycles. The minimum Gasteiger partial charge on any atom is -0.378 e. The van der Waals surface area contributed by atoms with Gasteiger partial charge in [0.2, 0.25) is 11.8 Å². The summed E-state index contributed by atoms with van der Waals surface area (Å²) in [7, 11) is 0. The molecule has 0 unspecified atom stereocenters. The zero-order valence-corrected chi connectivity index (χ0v) is 14.3. The van der Waals surface area contributed by atoms with E-state index in [9.17, 15) is 9.59 Å². The molecule has 2 N–H and O–H groups in total. The van der Waals surface area contributed by atoms with Crippen LogP contribution in [0.2, 0.25) is 0 Å². The van der Waals surface area contributed by atoms with Crippen molar-refractivity contribution in [3.63, 3.8) is 0 Å². The molecule has 0 aromatic heterocycles. The standard InChI is InChI=1S/C18H27N3O3/c1-2-3-4-8-17(22)20-16-7-5-6-15(13-16)19-14-18(23)21-9-11-24-12-10-21/h5-7,13,19H,2-4,8-12,14H2,1H3,(H,20,22). The summed E-state index contributed by atoms with van der Waals surface area (Å²) in [4.78, 5) is 25.8. The number of carbonyl (C=O) groups excluding carboxylic acids is 2. The van der Waals surface area contributed by atoms with E-state index in [0.29, 0.717) is 32.7 Å². The van der Waals surface area contributed by atoms with E-state index in [0.717, 1.165) is 30.6 Å². The third kappa shape index (κ3) is 6.20. The number of hydrogen-bond acceptors (Lipinski definition) is 4. The predicted molar refractivity (Wildman–Crippen MR) is 95.1 cm³/mol. The number of unbranched alkanes of at least 4 members (excludes halogenated alkanes) is 2. The van der Waals surface area contributed by atoms with Crippen LogP contribution in [0.1, 0.15) is 32.6 Å². The fraction of sp³-hybridized carbons (Fsp3) is 0.556. The summed E-state index contributed by atoms with van der Waals surface area (Å²) in [6, 6.07) is 7.46. The van der Waals surface area contributed by atoms with E-state index in [1.807, 2.05) is 24.3 Å². The molecule has 0 saturated carbocycles. The fourth-order valence-electron chi connectivity index (χ4n) is 2.57. The molecule has 1 aliphatic rings. The molecule has 2 rings (SSSR count). The Kier molecular flexibility index (Phi) is 7.55. The van der Waals surface area contributed by atoms with Gasteiger partial charge in [0.1, 0.15) is 0 Å². The van der Waals surface area contributed by atoms with Crippen LogP contribution < -0.4 is 10.6 Å². The van der Waals surface area contributed by atoms with Gasteiger partial charge in [0.15, 0.2) is 0 Å². The highest BCUT2D eigenvalue weighted by Crippen LogP contribution is 2.15. The van der Waals surface area contributed by atoms with Crippen LogP contribution in [-0.4, -0.2) is 49.6 Å². The van der Waals surface area contributed by atoms with Crippen molar-refractivity contribution in [1.29, 1.82) is 0 Å². The predicted octanol–water partition coefficient (Wildman–Crippen LogP) is 2.48. The summed E-state index contributed by atoms with van der Waals surface area (Å²) < 4.78 is 5.25. The number of morpholine rings is 1. The molecule has 24 heavy (non-hydrogen) atoms. The van der Waals surface area contributed by atoms with Gasteiger partial charge >= 0.3 is 0 Å². The van der Waals surface area contributed by atoms with Crippen LogP contribution in [0.5, 0.6) is 0 Å². The van der Waals surface area contributed by atoms with Gasteiger partial charge in [-0.15, -0.1) is 0 Å². The van der Waals surface area contributed by atoms with Crippen molar-refractivity contribution in [3.05, 3.63) is 24.3 Å². The number of ether oxygens (including phenoxy) is 1. The van der Waals surface area contributed by atoms with E-state index in [1.165, 1.54) is 0 Å². The van der Waals surface area contributed by atoms with Crippen molar-refractivity contribution in [2.45, 2.75) is 32.6 Å². The van der Waals surface area contributed by atoms with Crippen LogP contribution in [0.4, 0.5) is 11.4 Å². The van der Waals surface area contributed by atoms with E-state index in [2.05, 4.69) is 17.6 Å². The second-order valence-electron chi connectivity index (χ2n) is 5.93. The minimum atomic E-state index is 0.0324. The van der Waals surface area contributed by atoms with Crippen LogP contribution in [0.25, 0.3) is 0 Å². The molecule has 6 heteroatoms. The molecule has 1 fully saturated rings. The molecular formula is C18H27N3O3. The van der Waals surface area contributed by atoms with Gasteiger partial charge in [-0.3, -0.25) is 9.59 Å². The maximum atomic E-state index is 12.1. The Bertz CT molecular complexity index is 542. The number of rotatable bonds is 8. The lowest BCUT2D eigenvalue weighted by atomic mass is 10.2. The Morgan fingerprint density at radius 1 is 1.17 bits per heavy atom. The highest BCUT2D eigenvalue weighted by molar-refractivity contribution is 5.91. The molecule has 1 aromatic carbocycles. The first-order valence-corrected chi connectivity index (χ1v) is 8.68. The number of anilines is 2. The van der Waals surface area contributed by atoms with Gasteiger partial charge < -0.3 is 20.3 Å². The molecule has 2 amide bonds. The van der Waals surface area contributed by atoms with E-state index < -0.39 is 0 Å². The van der Waals surface area contributed by atoms with E-state index in [-0.39, 0.29) is 18.4 Å². The lowest BCUT2D eigenvalue weighted by Gasteiger charge is -2.27. The van der Waals surface area contributed by atoms with Gasteiger partial charge in [-0.25, -0.2) is 0 Å². The van der Waals surface area contributed by atoms with Crippen molar-refractivity contribution in [1.82, 2.24) is 4.90 Å². The second kappa shape index (κ2) is 9.93. The van der Waals surface area contributed by atoms with Crippen LogP contribution in [0.15, 0.2) is 24.3 Å². The molecule has 0 spiro atoms. The first-order chi connectivity index (χ1) is 11.7. The van der Waals surface area contributed by atoms with Gasteiger partial charge in [-0.2, -0.15) is 0 Å². The molecule has 6 nitrogen and oxygen atoms in total. The van der Waals surface area contributed by atoms with E-state index >= 15 is 0 Å². The molecular weight excluding hydrogens is 306 g/mol. The Labute approximate surface area is 143 Å². The average Bonchev–Trinajstić information content (AvgIpc) is 2.61. The van der Waals surface area contributed by atoms with Crippen LogP contribution in [0.3, 0.4) is 0 Å². The normalized spacial score (nSPS) is 14.3. The van der Waals surface area contributed by atoms with Crippen LogP contribution in [-0.2, 0) is 14.3 Å². The highest BCUT2D eigenvalue weighted by atomic mass is 16.5. The third-order valence-electron chi connectivity index (χ3n) is 3.96. The Morgan fingerprint density at radius 2 is 1.92 bits per heavy atom. The Balaban J connectivity index is 1.79. The first kappa shape index (κ1) is 18.3. The largest absolute Gasteiger partial charge is 0.378 e. The summed E-state index contributed by atoms with van der Waals surface area (Å²) in [5, 5.41) is 6.03. The number of carbonyl (C=O) groups is 2. The van der Waals surface area contributed by atoms with Crippen molar-refractivity contribution in [2.24, 2.45) is 0 Å². The maximum Gasteiger partial charge on any atom is 0.242 e. The number of nitrogens with one attached hydrogen (secondary N) is 2. The molecule has 1 heterocycles. The Morgan fingerprint density at radius 3 is 2.67 bits per heavy atom. The van der Waals surface area contributed by atoms with E-state index in [4.69, 9.17) is 4.74 Å². The van der Waals surface area contributed by atoms with Crippen molar-refractivity contribution in [3.8, 4) is 0 Å². The lowest BCUT2D eigenvalue weighted by molar-refractivity contribution is -0.133. The topological polar surface area (TPSA) is 70.7 Å². The van der Waals surface area contributed by atoms with Gasteiger partial charge in [0.25, 0.3) is 0 Å². The first-order valence-electron chi connectivity index (χ1n) is 8.68. The number of benzene rings is 1. The molecule has 0 radical (unpaired) electrons. The van der Waals surface area contributed by atoms with Gasteiger partial charge in [-0.05, 0) is 24.6 Å². The smallest absolute Gasteiger partial charge is 0.242 e. The minimum absolute atomic E-state index is 0.0324. The number of amides is 2. The fourth-order valence-corrected chi connectivity index (χ4v) is 2.57. The molecule has 1 aromatic rings. The van der Waals surface area contributed by atoms with Gasteiger partial charge in [0.05, 0.1) is 19.8 Å². The van der Waals surface area contributed by atoms with Gasteiger partial charge in [0, 0.05) is 30.9 Å². The molecule has 132 valence electrons. The summed E-state index contributed by atoms with van der Waals surface area (Å²) in [5.74, 6) is 0.0947. The van der Waals surface area contributed by atoms with Gasteiger partial charge in [-0.1, -0.05) is 25.8 Å². The maximum absolute atomic E-state index is 12.1. The average molecular weight is 333 g/mol. The molecule has 1 saturated heterocycles. The zero-order chi connectivity index (χ0) is 17.2. The molecule has 0 bridgehead atoms. The van der Waals surface area contributed by atoms with Crippen LogP contribution >= 0.6 is 0 Å². The highest BCUT2D eigenvalue weighted by Gasteiger charge is 2.16. The van der Waals surface area contributed by atoms with E-state index in [1.54, 1.807) is 4.90 Å². The summed E-state index contributed by atoms with van der Waals surface area (Å²) in [6.45, 7) is 4.86. The quantitative estimate of drug-likeness (QED) is 0.717. The molecule has 0 atom stereocenters. The summed E-state index contributed by atoms with van der Waals surface area (Å²) in [5.41, 5.74) is 1.57. The SMILES string of the molecule is CCCCCC(=O)Nc1cccc(NCC(=O)N2CCOCC2)c1. The van der Waals surface area contributed by atoms with Crippen molar-refractivity contribution >= 4 is 23.2 Å². The zero-order valence-electron chi connectivity index (χ0n) is 14.3. The second-order valence-corrected chi connectivity index (χ2v) is 5.93. The van der Waals surface area contributed by atoms with Crippen LogP contribution in [0, 0.1) is 0 Å². The Hall–Kier alpha value is -2.08.